The largest absolute Gasteiger partial charge is 0.382 e. The Balaban J connectivity index is 4.37. The summed E-state index contributed by atoms with van der Waals surface area (Å²) in [5.74, 6) is -0.135. The van der Waals surface area contributed by atoms with Crippen LogP contribution in [0.3, 0.4) is 0 Å². The average molecular weight is 216 g/mol. The fraction of sp³-hybridized carbons (Fsp3) is 0.909. The molecule has 0 heterocycles. The first kappa shape index (κ1) is 14.4. The molecule has 0 aromatic heterocycles. The van der Waals surface area contributed by atoms with Crippen molar-refractivity contribution in [2.45, 2.75) is 46.2 Å². The second-order valence-electron chi connectivity index (χ2n) is 5.65. The molecule has 1 atom stereocenters. The Kier molecular flexibility index (Phi) is 4.74. The van der Waals surface area contributed by atoms with Crippen LogP contribution in [0.5, 0.6) is 0 Å². The van der Waals surface area contributed by atoms with E-state index in [9.17, 15) is 4.79 Å². The maximum Gasteiger partial charge on any atom is 0.237 e. The first-order valence-electron chi connectivity index (χ1n) is 5.17. The third kappa shape index (κ3) is 5.14. The molecule has 0 saturated carbocycles. The van der Waals surface area contributed by atoms with E-state index in [1.54, 1.807) is 7.11 Å². The molecule has 0 aliphatic heterocycles. The van der Waals surface area contributed by atoms with E-state index in [2.05, 4.69) is 5.32 Å². The SMILES string of the molecule is COCC(C)(C)NC(=O)[C@H](N)C(C)(C)C. The van der Waals surface area contributed by atoms with E-state index in [0.717, 1.165) is 0 Å². The van der Waals surface area contributed by atoms with Crippen LogP contribution in [0.1, 0.15) is 34.6 Å². The minimum Gasteiger partial charge on any atom is -0.382 e. The summed E-state index contributed by atoms with van der Waals surface area (Å²) in [5, 5.41) is 2.87. The fourth-order valence-corrected chi connectivity index (χ4v) is 1.20. The first-order chi connectivity index (χ1) is 6.60. The molecule has 0 aliphatic carbocycles. The Morgan fingerprint density at radius 3 is 2.13 bits per heavy atom. The molecule has 1 amide bonds. The molecule has 0 spiro atoms. The van der Waals surface area contributed by atoms with Crippen LogP contribution in [-0.4, -0.2) is 31.2 Å². The summed E-state index contributed by atoms with van der Waals surface area (Å²) in [5.41, 5.74) is 5.24. The molecular formula is C11H24N2O2. The van der Waals surface area contributed by atoms with Gasteiger partial charge in [-0.3, -0.25) is 4.79 Å². The zero-order valence-corrected chi connectivity index (χ0v) is 10.7. The molecule has 0 aliphatic rings. The van der Waals surface area contributed by atoms with Gasteiger partial charge < -0.3 is 15.8 Å². The molecule has 15 heavy (non-hydrogen) atoms. The van der Waals surface area contributed by atoms with E-state index in [1.165, 1.54) is 0 Å². The van der Waals surface area contributed by atoms with Crippen molar-refractivity contribution in [1.82, 2.24) is 5.32 Å². The third-order valence-electron chi connectivity index (χ3n) is 2.18. The highest BCUT2D eigenvalue weighted by atomic mass is 16.5. The lowest BCUT2D eigenvalue weighted by atomic mass is 9.86. The first-order valence-corrected chi connectivity index (χ1v) is 5.17. The third-order valence-corrected chi connectivity index (χ3v) is 2.18. The number of ether oxygens (including phenoxy) is 1. The summed E-state index contributed by atoms with van der Waals surface area (Å²) in [7, 11) is 1.61. The Morgan fingerprint density at radius 2 is 1.80 bits per heavy atom. The molecular weight excluding hydrogens is 192 g/mol. The molecule has 3 N–H and O–H groups in total. The van der Waals surface area contributed by atoms with Crippen molar-refractivity contribution in [3.05, 3.63) is 0 Å². The van der Waals surface area contributed by atoms with Gasteiger partial charge in [-0.1, -0.05) is 20.8 Å². The van der Waals surface area contributed by atoms with Crippen LogP contribution >= 0.6 is 0 Å². The second kappa shape index (κ2) is 4.94. The van der Waals surface area contributed by atoms with Crippen molar-refractivity contribution in [1.29, 1.82) is 0 Å². The fourth-order valence-electron chi connectivity index (χ4n) is 1.20. The number of nitrogens with two attached hydrogens (primary N) is 1. The summed E-state index contributed by atoms with van der Waals surface area (Å²) in [6.45, 7) is 10.1. The molecule has 0 unspecified atom stereocenters. The van der Waals surface area contributed by atoms with E-state index in [-0.39, 0.29) is 16.9 Å². The van der Waals surface area contributed by atoms with Crippen LogP contribution in [0.25, 0.3) is 0 Å². The minimum atomic E-state index is -0.506. The Bertz CT molecular complexity index is 219. The van der Waals surface area contributed by atoms with Crippen molar-refractivity contribution in [3.63, 3.8) is 0 Å². The van der Waals surface area contributed by atoms with Crippen molar-refractivity contribution in [2.24, 2.45) is 11.1 Å². The number of carbonyl (C=O) groups excluding carboxylic acids is 1. The highest BCUT2D eigenvalue weighted by Crippen LogP contribution is 2.18. The predicted molar refractivity (Wildman–Crippen MR) is 61.5 cm³/mol. The van der Waals surface area contributed by atoms with Crippen LogP contribution in [-0.2, 0) is 9.53 Å². The number of amides is 1. The topological polar surface area (TPSA) is 64.3 Å². The molecule has 0 radical (unpaired) electrons. The number of carbonyl (C=O) groups is 1. The van der Waals surface area contributed by atoms with Crippen molar-refractivity contribution < 1.29 is 9.53 Å². The standard InChI is InChI=1S/C11H24N2O2/c1-10(2,3)8(12)9(14)13-11(4,5)7-15-6/h8H,7,12H2,1-6H3,(H,13,14)/t8-/m0/s1. The maximum atomic E-state index is 11.8. The van der Waals surface area contributed by atoms with Gasteiger partial charge in [0.25, 0.3) is 0 Å². The van der Waals surface area contributed by atoms with Crippen LogP contribution in [0.2, 0.25) is 0 Å². The number of rotatable bonds is 4. The van der Waals surface area contributed by atoms with Crippen LogP contribution < -0.4 is 11.1 Å². The van der Waals surface area contributed by atoms with E-state index in [4.69, 9.17) is 10.5 Å². The molecule has 0 aromatic carbocycles. The van der Waals surface area contributed by atoms with E-state index in [1.807, 2.05) is 34.6 Å². The van der Waals surface area contributed by atoms with Gasteiger partial charge in [0.15, 0.2) is 0 Å². The van der Waals surface area contributed by atoms with Gasteiger partial charge >= 0.3 is 0 Å². The predicted octanol–water partition coefficient (Wildman–Crippen LogP) is 0.901. The van der Waals surface area contributed by atoms with Gasteiger partial charge in [0, 0.05) is 7.11 Å². The van der Waals surface area contributed by atoms with Crippen LogP contribution in [0.15, 0.2) is 0 Å². The monoisotopic (exact) mass is 216 g/mol. The zero-order chi connectivity index (χ0) is 12.3. The van der Waals surface area contributed by atoms with Gasteiger partial charge in [0.1, 0.15) is 0 Å². The summed E-state index contributed by atoms with van der Waals surface area (Å²) in [4.78, 5) is 11.8. The highest BCUT2D eigenvalue weighted by Gasteiger charge is 2.30. The molecule has 0 saturated heterocycles. The number of methoxy groups -OCH3 is 1. The summed E-state index contributed by atoms with van der Waals surface area (Å²) in [6, 6.07) is -0.506. The van der Waals surface area contributed by atoms with Crippen molar-refractivity contribution >= 4 is 5.91 Å². The van der Waals surface area contributed by atoms with Crippen molar-refractivity contribution in [3.8, 4) is 0 Å². The molecule has 4 nitrogen and oxygen atoms in total. The van der Waals surface area contributed by atoms with Crippen LogP contribution in [0, 0.1) is 5.41 Å². The molecule has 0 rings (SSSR count). The second-order valence-corrected chi connectivity index (χ2v) is 5.65. The number of hydrogen-bond donors (Lipinski definition) is 2. The highest BCUT2D eigenvalue weighted by molar-refractivity contribution is 5.82. The quantitative estimate of drug-likeness (QED) is 0.734. The summed E-state index contributed by atoms with van der Waals surface area (Å²) in [6.07, 6.45) is 0. The zero-order valence-electron chi connectivity index (χ0n) is 10.7. The van der Waals surface area contributed by atoms with Gasteiger partial charge in [0.2, 0.25) is 5.91 Å². The average Bonchev–Trinajstić information content (AvgIpc) is 1.99. The lowest BCUT2D eigenvalue weighted by Crippen LogP contribution is -2.56. The van der Waals surface area contributed by atoms with Gasteiger partial charge in [-0.2, -0.15) is 0 Å². The Labute approximate surface area is 92.6 Å². The van der Waals surface area contributed by atoms with Crippen LogP contribution in [0.4, 0.5) is 0 Å². The summed E-state index contributed by atoms with van der Waals surface area (Å²) < 4.78 is 5.02. The van der Waals surface area contributed by atoms with E-state index in [0.29, 0.717) is 6.61 Å². The van der Waals surface area contributed by atoms with Gasteiger partial charge in [0.05, 0.1) is 18.2 Å². The lowest BCUT2D eigenvalue weighted by molar-refractivity contribution is -0.126. The van der Waals surface area contributed by atoms with Crippen molar-refractivity contribution in [2.75, 3.05) is 13.7 Å². The molecule has 4 heteroatoms. The summed E-state index contributed by atoms with van der Waals surface area (Å²) >= 11 is 0. The van der Waals surface area contributed by atoms with E-state index >= 15 is 0 Å². The maximum absolute atomic E-state index is 11.8. The number of nitrogens with one attached hydrogen (secondary N) is 1. The van der Waals surface area contributed by atoms with Gasteiger partial charge in [-0.05, 0) is 19.3 Å². The van der Waals surface area contributed by atoms with E-state index < -0.39 is 6.04 Å². The lowest BCUT2D eigenvalue weighted by Gasteiger charge is -2.31. The molecule has 90 valence electrons. The van der Waals surface area contributed by atoms with Gasteiger partial charge in [-0.15, -0.1) is 0 Å². The normalized spacial score (nSPS) is 14.9. The Morgan fingerprint density at radius 1 is 1.33 bits per heavy atom. The molecule has 0 fully saturated rings. The van der Waals surface area contributed by atoms with Gasteiger partial charge in [-0.25, -0.2) is 0 Å². The molecule has 0 bridgehead atoms. The minimum absolute atomic E-state index is 0.135. The smallest absolute Gasteiger partial charge is 0.237 e. The number of hydrogen-bond acceptors (Lipinski definition) is 3. The molecule has 0 aromatic rings. The Hall–Kier alpha value is -0.610.